The van der Waals surface area contributed by atoms with Crippen molar-refractivity contribution in [3.05, 3.63) is 57.7 Å². The maximum atomic E-state index is 13.7. The SMILES string of the molecule is COc1cc(Cl)c(C)cc1NC(=O)c1cc2c(F)cccc2s1. The molecule has 0 saturated heterocycles. The van der Waals surface area contributed by atoms with E-state index in [0.29, 0.717) is 26.7 Å². The summed E-state index contributed by atoms with van der Waals surface area (Å²) in [7, 11) is 1.51. The summed E-state index contributed by atoms with van der Waals surface area (Å²) in [5.74, 6) is -0.176. The Morgan fingerprint density at radius 2 is 2.09 bits per heavy atom. The monoisotopic (exact) mass is 349 g/mol. The van der Waals surface area contributed by atoms with Crippen molar-refractivity contribution in [1.82, 2.24) is 0 Å². The van der Waals surface area contributed by atoms with Crippen LogP contribution >= 0.6 is 22.9 Å². The van der Waals surface area contributed by atoms with Gasteiger partial charge >= 0.3 is 0 Å². The third-order valence-corrected chi connectivity index (χ3v) is 4.97. The largest absolute Gasteiger partial charge is 0.495 e. The van der Waals surface area contributed by atoms with Gasteiger partial charge in [-0.25, -0.2) is 4.39 Å². The van der Waals surface area contributed by atoms with Crippen LogP contribution in [0.5, 0.6) is 5.75 Å². The van der Waals surface area contributed by atoms with Crippen molar-refractivity contribution in [3.8, 4) is 5.75 Å². The minimum atomic E-state index is -0.335. The number of hydrogen-bond acceptors (Lipinski definition) is 3. The zero-order valence-electron chi connectivity index (χ0n) is 12.4. The third kappa shape index (κ3) is 3.02. The molecule has 6 heteroatoms. The first-order valence-electron chi connectivity index (χ1n) is 6.83. The normalized spacial score (nSPS) is 10.8. The lowest BCUT2D eigenvalue weighted by molar-refractivity contribution is 0.103. The van der Waals surface area contributed by atoms with E-state index in [-0.39, 0.29) is 11.7 Å². The van der Waals surface area contributed by atoms with Crippen LogP contribution in [0.15, 0.2) is 36.4 Å². The first kappa shape index (κ1) is 15.8. The van der Waals surface area contributed by atoms with Crippen molar-refractivity contribution in [2.24, 2.45) is 0 Å². The fourth-order valence-electron chi connectivity index (χ4n) is 2.25. The summed E-state index contributed by atoms with van der Waals surface area (Å²) >= 11 is 7.30. The molecule has 0 radical (unpaired) electrons. The lowest BCUT2D eigenvalue weighted by Crippen LogP contribution is -2.11. The first-order valence-corrected chi connectivity index (χ1v) is 8.02. The molecule has 0 spiro atoms. The van der Waals surface area contributed by atoms with Gasteiger partial charge in [0.2, 0.25) is 0 Å². The molecule has 0 aliphatic carbocycles. The van der Waals surface area contributed by atoms with E-state index in [9.17, 15) is 9.18 Å². The van der Waals surface area contributed by atoms with Crippen LogP contribution < -0.4 is 10.1 Å². The topological polar surface area (TPSA) is 38.3 Å². The lowest BCUT2D eigenvalue weighted by Gasteiger charge is -2.11. The maximum Gasteiger partial charge on any atom is 0.265 e. The van der Waals surface area contributed by atoms with Crippen molar-refractivity contribution in [1.29, 1.82) is 0 Å². The number of rotatable bonds is 3. The van der Waals surface area contributed by atoms with Crippen LogP contribution in [0.2, 0.25) is 5.02 Å². The second-order valence-corrected chi connectivity index (χ2v) is 6.51. The summed E-state index contributed by atoms with van der Waals surface area (Å²) in [5.41, 5.74) is 1.35. The van der Waals surface area contributed by atoms with Crippen LogP contribution in [0.3, 0.4) is 0 Å². The number of anilines is 1. The highest BCUT2D eigenvalue weighted by molar-refractivity contribution is 7.20. The lowest BCUT2D eigenvalue weighted by atomic mass is 10.2. The summed E-state index contributed by atoms with van der Waals surface area (Å²) in [4.78, 5) is 12.9. The van der Waals surface area contributed by atoms with Crippen molar-refractivity contribution >= 4 is 44.6 Å². The molecule has 3 rings (SSSR count). The number of nitrogens with one attached hydrogen (secondary N) is 1. The molecule has 0 unspecified atom stereocenters. The standard InChI is InChI=1S/C17H13ClFNO2S/c1-9-6-13(14(22-2)8-11(9)18)20-17(21)16-7-10-12(19)4-3-5-15(10)23-16/h3-8H,1-2H3,(H,20,21). The number of fused-ring (bicyclic) bond motifs is 1. The molecule has 0 aliphatic heterocycles. The molecule has 0 fully saturated rings. The summed E-state index contributed by atoms with van der Waals surface area (Å²) in [6.45, 7) is 1.84. The summed E-state index contributed by atoms with van der Waals surface area (Å²) in [5, 5.41) is 3.80. The second-order valence-electron chi connectivity index (χ2n) is 5.02. The number of amides is 1. The van der Waals surface area contributed by atoms with Crippen molar-refractivity contribution < 1.29 is 13.9 Å². The van der Waals surface area contributed by atoms with E-state index in [1.165, 1.54) is 24.5 Å². The summed E-state index contributed by atoms with van der Waals surface area (Å²) in [6, 6.07) is 9.74. The van der Waals surface area contributed by atoms with Gasteiger partial charge in [0.15, 0.2) is 0 Å². The van der Waals surface area contributed by atoms with Gasteiger partial charge in [0.25, 0.3) is 5.91 Å². The average molecular weight is 350 g/mol. The number of thiophene rings is 1. The van der Waals surface area contributed by atoms with Crippen molar-refractivity contribution in [2.75, 3.05) is 12.4 Å². The van der Waals surface area contributed by atoms with E-state index >= 15 is 0 Å². The maximum absolute atomic E-state index is 13.7. The van der Waals surface area contributed by atoms with Gasteiger partial charge < -0.3 is 10.1 Å². The molecular weight excluding hydrogens is 337 g/mol. The summed E-state index contributed by atoms with van der Waals surface area (Å²) < 4.78 is 19.7. The van der Waals surface area contributed by atoms with E-state index in [0.717, 1.165) is 10.3 Å². The van der Waals surface area contributed by atoms with Crippen molar-refractivity contribution in [3.63, 3.8) is 0 Å². The van der Waals surface area contributed by atoms with Gasteiger partial charge in [0, 0.05) is 21.2 Å². The molecule has 2 aromatic carbocycles. The molecule has 1 aromatic heterocycles. The number of carbonyl (C=O) groups is 1. The van der Waals surface area contributed by atoms with Gasteiger partial charge in [-0.2, -0.15) is 0 Å². The molecule has 0 atom stereocenters. The number of carbonyl (C=O) groups excluding carboxylic acids is 1. The number of methoxy groups -OCH3 is 1. The Hall–Kier alpha value is -2.11. The Kier molecular flexibility index (Phi) is 4.24. The van der Waals surface area contributed by atoms with Gasteiger partial charge in [0.05, 0.1) is 17.7 Å². The first-order chi connectivity index (χ1) is 11.0. The zero-order valence-corrected chi connectivity index (χ0v) is 14.0. The van der Waals surface area contributed by atoms with E-state index in [1.54, 1.807) is 30.3 Å². The number of ether oxygens (including phenoxy) is 1. The molecule has 0 aliphatic rings. The Balaban J connectivity index is 1.94. The fourth-order valence-corrected chi connectivity index (χ4v) is 3.38. The smallest absolute Gasteiger partial charge is 0.265 e. The Morgan fingerprint density at radius 1 is 1.30 bits per heavy atom. The number of benzene rings is 2. The van der Waals surface area contributed by atoms with E-state index < -0.39 is 0 Å². The molecule has 23 heavy (non-hydrogen) atoms. The molecule has 1 amide bonds. The Labute approximate surface area is 141 Å². The van der Waals surface area contributed by atoms with Gasteiger partial charge in [-0.3, -0.25) is 4.79 Å². The molecular formula is C17H13ClFNO2S. The van der Waals surface area contributed by atoms with Gasteiger partial charge in [-0.05, 0) is 36.8 Å². The van der Waals surface area contributed by atoms with E-state index in [1.807, 2.05) is 6.92 Å². The highest BCUT2D eigenvalue weighted by atomic mass is 35.5. The zero-order chi connectivity index (χ0) is 16.6. The molecule has 1 N–H and O–H groups in total. The highest BCUT2D eigenvalue weighted by Gasteiger charge is 2.15. The molecule has 0 bridgehead atoms. The Morgan fingerprint density at radius 3 is 2.78 bits per heavy atom. The highest BCUT2D eigenvalue weighted by Crippen LogP contribution is 2.33. The molecule has 1 heterocycles. The van der Waals surface area contributed by atoms with Gasteiger partial charge in [-0.1, -0.05) is 17.7 Å². The minimum absolute atomic E-state index is 0.314. The molecule has 118 valence electrons. The van der Waals surface area contributed by atoms with Crippen LogP contribution in [0.1, 0.15) is 15.2 Å². The van der Waals surface area contributed by atoms with Crippen LogP contribution in [-0.2, 0) is 0 Å². The van der Waals surface area contributed by atoms with Gasteiger partial charge in [0.1, 0.15) is 11.6 Å². The van der Waals surface area contributed by atoms with Gasteiger partial charge in [-0.15, -0.1) is 11.3 Å². The summed E-state index contributed by atoms with van der Waals surface area (Å²) in [6.07, 6.45) is 0. The predicted octanol–water partition coefficient (Wildman–Crippen LogP) is 5.26. The van der Waals surface area contributed by atoms with E-state index in [4.69, 9.17) is 16.3 Å². The second kappa shape index (κ2) is 6.18. The molecule has 0 saturated carbocycles. The number of halogens is 2. The fraction of sp³-hybridized carbons (Fsp3) is 0.118. The molecule has 3 nitrogen and oxygen atoms in total. The van der Waals surface area contributed by atoms with Crippen molar-refractivity contribution in [2.45, 2.75) is 6.92 Å². The quantitative estimate of drug-likeness (QED) is 0.700. The Bertz CT molecular complexity index is 907. The van der Waals surface area contributed by atoms with Crippen LogP contribution in [0.25, 0.3) is 10.1 Å². The molecule has 3 aromatic rings. The number of aryl methyl sites for hydroxylation is 1. The number of hydrogen-bond donors (Lipinski definition) is 1. The third-order valence-electron chi connectivity index (χ3n) is 3.46. The minimum Gasteiger partial charge on any atom is -0.495 e. The van der Waals surface area contributed by atoms with E-state index in [2.05, 4.69) is 5.32 Å². The van der Waals surface area contributed by atoms with Crippen LogP contribution in [0.4, 0.5) is 10.1 Å². The van der Waals surface area contributed by atoms with Crippen LogP contribution in [0, 0.1) is 12.7 Å². The predicted molar refractivity (Wildman–Crippen MR) is 92.5 cm³/mol. The van der Waals surface area contributed by atoms with Crippen LogP contribution in [-0.4, -0.2) is 13.0 Å². The average Bonchev–Trinajstić information content (AvgIpc) is 2.96.